The molecule has 94 valence electrons. The van der Waals surface area contributed by atoms with Crippen LogP contribution in [0, 0.1) is 0 Å². The number of halogens is 3. The molecular formula is C12H15F3N2. The summed E-state index contributed by atoms with van der Waals surface area (Å²) >= 11 is 0. The zero-order valence-electron chi connectivity index (χ0n) is 9.35. The molecule has 1 atom stereocenters. The van der Waals surface area contributed by atoms with E-state index in [0.29, 0.717) is 30.8 Å². The van der Waals surface area contributed by atoms with Crippen molar-refractivity contribution in [3.05, 3.63) is 29.3 Å². The van der Waals surface area contributed by atoms with E-state index in [4.69, 9.17) is 5.73 Å². The molecule has 2 rings (SSSR count). The lowest BCUT2D eigenvalue weighted by atomic mass is 9.92. The first-order valence-corrected chi connectivity index (χ1v) is 5.68. The third-order valence-corrected chi connectivity index (χ3v) is 3.12. The highest BCUT2D eigenvalue weighted by atomic mass is 19.4. The molecule has 17 heavy (non-hydrogen) atoms. The van der Waals surface area contributed by atoms with Crippen molar-refractivity contribution in [1.29, 1.82) is 0 Å². The maximum absolute atomic E-state index is 12.9. The van der Waals surface area contributed by atoms with E-state index in [1.165, 1.54) is 6.07 Å². The van der Waals surface area contributed by atoms with Crippen LogP contribution in [0.2, 0.25) is 0 Å². The number of alkyl halides is 3. The van der Waals surface area contributed by atoms with Gasteiger partial charge in [0.1, 0.15) is 0 Å². The minimum absolute atomic E-state index is 0.0774. The van der Waals surface area contributed by atoms with E-state index in [1.807, 2.05) is 0 Å². The Bertz CT molecular complexity index is 401. The molecule has 1 aliphatic rings. The maximum Gasteiger partial charge on any atom is 0.416 e. The molecule has 1 aromatic carbocycles. The maximum atomic E-state index is 12.9. The zero-order chi connectivity index (χ0) is 12.5. The highest BCUT2D eigenvalue weighted by Gasteiger charge is 2.38. The quantitative estimate of drug-likeness (QED) is 0.857. The van der Waals surface area contributed by atoms with Crippen molar-refractivity contribution in [2.24, 2.45) is 5.73 Å². The first kappa shape index (κ1) is 12.2. The zero-order valence-corrected chi connectivity index (χ0v) is 9.35. The van der Waals surface area contributed by atoms with Gasteiger partial charge in [0, 0.05) is 18.2 Å². The first-order valence-electron chi connectivity index (χ1n) is 5.68. The van der Waals surface area contributed by atoms with Gasteiger partial charge in [-0.05, 0) is 37.1 Å². The standard InChI is InChI=1S/C12H15F3N2/c13-12(14,15)9-4-1-5-10-11(9)8(7-17-10)3-2-6-16/h1,4-5,8,17H,2-3,6-7,16H2. The van der Waals surface area contributed by atoms with Gasteiger partial charge in [-0.2, -0.15) is 13.2 Å². The molecule has 0 amide bonds. The van der Waals surface area contributed by atoms with Gasteiger partial charge in [-0.3, -0.25) is 0 Å². The molecule has 0 aliphatic carbocycles. The summed E-state index contributed by atoms with van der Waals surface area (Å²) in [7, 11) is 0. The Balaban J connectivity index is 2.35. The number of hydrogen-bond acceptors (Lipinski definition) is 2. The van der Waals surface area contributed by atoms with E-state index in [1.54, 1.807) is 6.07 Å². The first-order chi connectivity index (χ1) is 8.04. The van der Waals surface area contributed by atoms with Crippen LogP contribution in [-0.4, -0.2) is 13.1 Å². The normalized spacial score (nSPS) is 18.9. The van der Waals surface area contributed by atoms with Gasteiger partial charge in [-0.15, -0.1) is 0 Å². The van der Waals surface area contributed by atoms with Crippen LogP contribution < -0.4 is 11.1 Å². The van der Waals surface area contributed by atoms with Crippen LogP contribution in [0.4, 0.5) is 18.9 Å². The van der Waals surface area contributed by atoms with Gasteiger partial charge in [-0.1, -0.05) is 6.07 Å². The van der Waals surface area contributed by atoms with Gasteiger partial charge in [0.15, 0.2) is 0 Å². The van der Waals surface area contributed by atoms with Gasteiger partial charge in [0.25, 0.3) is 0 Å². The van der Waals surface area contributed by atoms with Gasteiger partial charge < -0.3 is 11.1 Å². The summed E-state index contributed by atoms with van der Waals surface area (Å²) in [5, 5.41) is 3.03. The van der Waals surface area contributed by atoms with Crippen LogP contribution in [-0.2, 0) is 6.18 Å². The molecule has 5 heteroatoms. The molecular weight excluding hydrogens is 229 g/mol. The van der Waals surface area contributed by atoms with Crippen molar-refractivity contribution in [3.63, 3.8) is 0 Å². The second-order valence-corrected chi connectivity index (χ2v) is 4.27. The Morgan fingerprint density at radius 3 is 2.76 bits per heavy atom. The van der Waals surface area contributed by atoms with Gasteiger partial charge in [0.05, 0.1) is 5.56 Å². The van der Waals surface area contributed by atoms with Crippen molar-refractivity contribution in [2.45, 2.75) is 24.9 Å². The van der Waals surface area contributed by atoms with Gasteiger partial charge in [0.2, 0.25) is 0 Å². The third kappa shape index (κ3) is 2.39. The Hall–Kier alpha value is -1.23. The van der Waals surface area contributed by atoms with Gasteiger partial charge in [-0.25, -0.2) is 0 Å². The molecule has 0 bridgehead atoms. The number of nitrogens with one attached hydrogen (secondary N) is 1. The summed E-state index contributed by atoms with van der Waals surface area (Å²) in [4.78, 5) is 0. The number of rotatable bonds is 3. The molecule has 0 saturated heterocycles. The average molecular weight is 244 g/mol. The van der Waals surface area contributed by atoms with Crippen LogP contribution in [0.25, 0.3) is 0 Å². The summed E-state index contributed by atoms with van der Waals surface area (Å²) in [6.07, 6.45) is -2.83. The molecule has 2 nitrogen and oxygen atoms in total. The molecule has 1 heterocycles. The van der Waals surface area contributed by atoms with Crippen LogP contribution in [0.3, 0.4) is 0 Å². The smallest absolute Gasteiger partial charge is 0.384 e. The Morgan fingerprint density at radius 1 is 1.35 bits per heavy atom. The average Bonchev–Trinajstić information content (AvgIpc) is 2.68. The molecule has 0 aromatic heterocycles. The summed E-state index contributed by atoms with van der Waals surface area (Å²) in [6.45, 7) is 1.09. The van der Waals surface area contributed by atoms with E-state index in [0.717, 1.165) is 12.5 Å². The number of anilines is 1. The van der Waals surface area contributed by atoms with E-state index in [-0.39, 0.29) is 5.92 Å². The lowest BCUT2D eigenvalue weighted by Crippen LogP contribution is -2.12. The molecule has 3 N–H and O–H groups in total. The Morgan fingerprint density at radius 2 is 2.12 bits per heavy atom. The number of nitrogens with two attached hydrogens (primary N) is 1. The second kappa shape index (κ2) is 4.56. The minimum Gasteiger partial charge on any atom is -0.384 e. The summed E-state index contributed by atoms with van der Waals surface area (Å²) in [6, 6.07) is 4.30. The fourth-order valence-electron chi connectivity index (χ4n) is 2.35. The van der Waals surface area contributed by atoms with Crippen molar-refractivity contribution >= 4 is 5.69 Å². The van der Waals surface area contributed by atoms with Crippen LogP contribution in [0.5, 0.6) is 0 Å². The SMILES string of the molecule is NCCCC1CNc2cccc(C(F)(F)F)c21. The minimum atomic E-state index is -4.28. The molecule has 0 fully saturated rings. The predicted molar refractivity (Wildman–Crippen MR) is 61.0 cm³/mol. The lowest BCUT2D eigenvalue weighted by Gasteiger charge is -2.16. The molecule has 0 radical (unpaired) electrons. The van der Waals surface area contributed by atoms with E-state index >= 15 is 0 Å². The van der Waals surface area contributed by atoms with E-state index in [2.05, 4.69) is 5.32 Å². The fraction of sp³-hybridized carbons (Fsp3) is 0.500. The molecule has 0 spiro atoms. The summed E-state index contributed by atoms with van der Waals surface area (Å²) in [5.74, 6) is -0.0774. The number of fused-ring (bicyclic) bond motifs is 1. The lowest BCUT2D eigenvalue weighted by molar-refractivity contribution is -0.138. The van der Waals surface area contributed by atoms with E-state index in [9.17, 15) is 13.2 Å². The largest absolute Gasteiger partial charge is 0.416 e. The molecule has 0 saturated carbocycles. The fourth-order valence-corrected chi connectivity index (χ4v) is 2.35. The molecule has 1 unspecified atom stereocenters. The van der Waals surface area contributed by atoms with Crippen molar-refractivity contribution in [1.82, 2.24) is 0 Å². The molecule has 1 aliphatic heterocycles. The van der Waals surface area contributed by atoms with Crippen LogP contribution in [0.15, 0.2) is 18.2 Å². The number of benzene rings is 1. The monoisotopic (exact) mass is 244 g/mol. The second-order valence-electron chi connectivity index (χ2n) is 4.27. The van der Waals surface area contributed by atoms with Crippen molar-refractivity contribution in [3.8, 4) is 0 Å². The van der Waals surface area contributed by atoms with Gasteiger partial charge >= 0.3 is 6.18 Å². The summed E-state index contributed by atoms with van der Waals surface area (Å²) in [5.41, 5.74) is 5.92. The van der Waals surface area contributed by atoms with Crippen LogP contribution >= 0.6 is 0 Å². The van der Waals surface area contributed by atoms with Crippen molar-refractivity contribution < 1.29 is 13.2 Å². The highest BCUT2D eigenvalue weighted by molar-refractivity contribution is 5.61. The number of hydrogen-bond donors (Lipinski definition) is 2. The van der Waals surface area contributed by atoms with Crippen molar-refractivity contribution in [2.75, 3.05) is 18.4 Å². The Kier molecular flexibility index (Phi) is 3.28. The Labute approximate surface area is 98.0 Å². The molecule has 1 aromatic rings. The summed E-state index contributed by atoms with van der Waals surface area (Å²) < 4.78 is 38.7. The van der Waals surface area contributed by atoms with Crippen LogP contribution in [0.1, 0.15) is 29.9 Å². The predicted octanol–water partition coefficient (Wildman–Crippen LogP) is 2.95. The third-order valence-electron chi connectivity index (χ3n) is 3.12. The topological polar surface area (TPSA) is 38.0 Å². The highest BCUT2D eigenvalue weighted by Crippen LogP contribution is 2.43. The van der Waals surface area contributed by atoms with E-state index < -0.39 is 11.7 Å².